The zero-order valence-electron chi connectivity index (χ0n) is 9.22. The number of benzene rings is 1. The van der Waals surface area contributed by atoms with Gasteiger partial charge in [-0.1, -0.05) is 6.07 Å². The molecule has 5 nitrogen and oxygen atoms in total. The van der Waals surface area contributed by atoms with E-state index < -0.39 is 5.91 Å². The van der Waals surface area contributed by atoms with Crippen LogP contribution in [-0.4, -0.2) is 16.0 Å². The number of aromatic nitrogens is 1. The van der Waals surface area contributed by atoms with Crippen LogP contribution in [0.4, 0.5) is 11.5 Å². The number of halogens is 1. The quantitative estimate of drug-likeness (QED) is 0.587. The fraction of sp³-hybridized carbons (Fsp3) is 0. The van der Waals surface area contributed by atoms with E-state index in [-0.39, 0.29) is 17.0 Å². The van der Waals surface area contributed by atoms with Crippen molar-refractivity contribution < 1.29 is 9.90 Å². The molecule has 0 radical (unpaired) electrons. The number of aromatic hydroxyl groups is 1. The second-order valence-corrected chi connectivity index (χ2v) is 4.39. The molecule has 92 valence electrons. The normalized spacial score (nSPS) is 10.1. The van der Waals surface area contributed by atoms with Crippen molar-refractivity contribution in [2.75, 3.05) is 11.1 Å². The highest BCUT2D eigenvalue weighted by molar-refractivity contribution is 9.10. The van der Waals surface area contributed by atoms with Gasteiger partial charge in [-0.2, -0.15) is 0 Å². The first-order valence-electron chi connectivity index (χ1n) is 5.09. The van der Waals surface area contributed by atoms with Gasteiger partial charge in [0.25, 0.3) is 5.91 Å². The molecular weight excluding hydrogens is 298 g/mol. The molecule has 6 heteroatoms. The van der Waals surface area contributed by atoms with Gasteiger partial charge in [0.05, 0.1) is 15.7 Å². The number of para-hydroxylation sites is 1. The number of carbonyl (C=O) groups is 1. The largest absolute Gasteiger partial charge is 0.505 e. The molecule has 0 spiro atoms. The Morgan fingerprint density at radius 1 is 1.33 bits per heavy atom. The van der Waals surface area contributed by atoms with E-state index in [9.17, 15) is 9.90 Å². The van der Waals surface area contributed by atoms with E-state index in [0.29, 0.717) is 10.3 Å². The molecule has 0 bridgehead atoms. The van der Waals surface area contributed by atoms with E-state index >= 15 is 0 Å². The van der Waals surface area contributed by atoms with Crippen LogP contribution in [0, 0.1) is 0 Å². The molecule has 0 atom stereocenters. The van der Waals surface area contributed by atoms with Crippen LogP contribution in [0.1, 0.15) is 10.4 Å². The van der Waals surface area contributed by atoms with E-state index in [1.165, 1.54) is 12.1 Å². The van der Waals surface area contributed by atoms with Crippen molar-refractivity contribution in [3.05, 3.63) is 46.6 Å². The van der Waals surface area contributed by atoms with Crippen molar-refractivity contribution in [3.63, 3.8) is 0 Å². The van der Waals surface area contributed by atoms with Crippen LogP contribution in [0.5, 0.6) is 5.75 Å². The number of phenols is 1. The lowest BCUT2D eigenvalue weighted by atomic mass is 10.1. The first-order valence-corrected chi connectivity index (χ1v) is 5.88. The molecule has 2 aromatic rings. The molecule has 0 aliphatic carbocycles. The summed E-state index contributed by atoms with van der Waals surface area (Å²) in [7, 11) is 0. The van der Waals surface area contributed by atoms with E-state index in [0.717, 1.165) is 0 Å². The Balaban J connectivity index is 2.28. The third-order valence-electron chi connectivity index (χ3n) is 2.30. The SMILES string of the molecule is Nc1cccc(C(=O)Nc2ncccc2Br)c1O. The molecule has 0 saturated heterocycles. The summed E-state index contributed by atoms with van der Waals surface area (Å²) in [6, 6.07) is 8.08. The summed E-state index contributed by atoms with van der Waals surface area (Å²) in [6.45, 7) is 0. The standard InChI is InChI=1S/C12H10BrN3O2/c13-8-4-2-6-15-11(8)16-12(18)7-3-1-5-9(14)10(7)17/h1-6,17H,14H2,(H,15,16,18). The van der Waals surface area contributed by atoms with Crippen molar-refractivity contribution in [2.45, 2.75) is 0 Å². The average Bonchev–Trinajstić information content (AvgIpc) is 2.35. The number of phenolic OH excluding ortho intramolecular Hbond substituents is 1. The van der Waals surface area contributed by atoms with Gasteiger partial charge < -0.3 is 16.2 Å². The summed E-state index contributed by atoms with van der Waals surface area (Å²) in [5, 5.41) is 12.3. The van der Waals surface area contributed by atoms with Crippen LogP contribution in [-0.2, 0) is 0 Å². The molecule has 0 fully saturated rings. The first kappa shape index (κ1) is 12.4. The predicted octanol–water partition coefficient (Wildman–Crippen LogP) is 2.38. The summed E-state index contributed by atoms with van der Waals surface area (Å²) in [5.74, 6) is -0.328. The number of hydrogen-bond acceptors (Lipinski definition) is 4. The van der Waals surface area contributed by atoms with E-state index in [4.69, 9.17) is 5.73 Å². The van der Waals surface area contributed by atoms with Crippen LogP contribution in [0.2, 0.25) is 0 Å². The van der Waals surface area contributed by atoms with Gasteiger partial charge >= 0.3 is 0 Å². The molecule has 1 heterocycles. The van der Waals surface area contributed by atoms with E-state index in [1.54, 1.807) is 24.4 Å². The Hall–Kier alpha value is -2.08. The number of hydrogen-bond donors (Lipinski definition) is 3. The molecule has 0 saturated carbocycles. The average molecular weight is 308 g/mol. The van der Waals surface area contributed by atoms with Crippen molar-refractivity contribution in [2.24, 2.45) is 0 Å². The number of amides is 1. The van der Waals surface area contributed by atoms with Gasteiger partial charge in [-0.3, -0.25) is 4.79 Å². The molecular formula is C12H10BrN3O2. The zero-order chi connectivity index (χ0) is 13.1. The number of nitrogens with two attached hydrogens (primary N) is 1. The molecule has 1 aromatic heterocycles. The lowest BCUT2D eigenvalue weighted by Gasteiger charge is -2.08. The number of nitrogen functional groups attached to an aromatic ring is 1. The molecule has 1 aromatic carbocycles. The highest BCUT2D eigenvalue weighted by Gasteiger charge is 2.14. The molecule has 4 N–H and O–H groups in total. The van der Waals surface area contributed by atoms with Crippen molar-refractivity contribution in [1.29, 1.82) is 0 Å². The third-order valence-corrected chi connectivity index (χ3v) is 2.94. The Labute approximate surface area is 112 Å². The number of anilines is 2. The Bertz CT molecular complexity index is 602. The van der Waals surface area contributed by atoms with Gasteiger partial charge in [0, 0.05) is 6.20 Å². The smallest absolute Gasteiger partial charge is 0.260 e. The second kappa shape index (κ2) is 5.05. The van der Waals surface area contributed by atoms with Crippen LogP contribution in [0.25, 0.3) is 0 Å². The minimum Gasteiger partial charge on any atom is -0.505 e. The second-order valence-electron chi connectivity index (χ2n) is 3.53. The summed E-state index contributed by atoms with van der Waals surface area (Å²) in [5.41, 5.74) is 5.79. The van der Waals surface area contributed by atoms with E-state index in [1.807, 2.05) is 0 Å². The van der Waals surface area contributed by atoms with Gasteiger partial charge in [0.15, 0.2) is 5.75 Å². The first-order chi connectivity index (χ1) is 8.59. The van der Waals surface area contributed by atoms with Gasteiger partial charge in [-0.15, -0.1) is 0 Å². The fourth-order valence-corrected chi connectivity index (χ4v) is 1.75. The van der Waals surface area contributed by atoms with Gasteiger partial charge in [-0.25, -0.2) is 4.98 Å². The summed E-state index contributed by atoms with van der Waals surface area (Å²) >= 11 is 3.27. The third kappa shape index (κ3) is 2.43. The Morgan fingerprint density at radius 2 is 2.11 bits per heavy atom. The molecule has 0 aliphatic heterocycles. The lowest BCUT2D eigenvalue weighted by molar-refractivity contribution is 0.102. The molecule has 0 unspecified atom stereocenters. The van der Waals surface area contributed by atoms with Gasteiger partial charge in [0.2, 0.25) is 0 Å². The lowest BCUT2D eigenvalue weighted by Crippen LogP contribution is -2.13. The van der Waals surface area contributed by atoms with Crippen molar-refractivity contribution in [3.8, 4) is 5.75 Å². The van der Waals surface area contributed by atoms with Crippen LogP contribution < -0.4 is 11.1 Å². The minimum atomic E-state index is -0.473. The van der Waals surface area contributed by atoms with Crippen molar-refractivity contribution >= 4 is 33.3 Å². The van der Waals surface area contributed by atoms with Crippen molar-refractivity contribution in [1.82, 2.24) is 4.98 Å². The molecule has 0 aliphatic rings. The number of carbonyl (C=O) groups excluding carboxylic acids is 1. The van der Waals surface area contributed by atoms with Gasteiger partial charge in [-0.05, 0) is 40.2 Å². The number of pyridine rings is 1. The van der Waals surface area contributed by atoms with Crippen LogP contribution in [0.15, 0.2) is 41.0 Å². The highest BCUT2D eigenvalue weighted by atomic mass is 79.9. The highest BCUT2D eigenvalue weighted by Crippen LogP contribution is 2.26. The summed E-state index contributed by atoms with van der Waals surface area (Å²) < 4.78 is 0.654. The molecule has 2 rings (SSSR count). The van der Waals surface area contributed by atoms with E-state index in [2.05, 4.69) is 26.2 Å². The maximum absolute atomic E-state index is 12.0. The molecule has 18 heavy (non-hydrogen) atoms. The molecule has 1 amide bonds. The maximum Gasteiger partial charge on any atom is 0.260 e. The summed E-state index contributed by atoms with van der Waals surface area (Å²) in [6.07, 6.45) is 1.56. The minimum absolute atomic E-state index is 0.104. The predicted molar refractivity (Wildman–Crippen MR) is 72.4 cm³/mol. The van der Waals surface area contributed by atoms with Gasteiger partial charge in [0.1, 0.15) is 5.82 Å². The monoisotopic (exact) mass is 307 g/mol. The zero-order valence-corrected chi connectivity index (χ0v) is 10.8. The number of nitrogens with zero attached hydrogens (tertiary/aromatic N) is 1. The number of nitrogens with one attached hydrogen (secondary N) is 1. The maximum atomic E-state index is 12.0. The van der Waals surface area contributed by atoms with Crippen LogP contribution >= 0.6 is 15.9 Å². The topological polar surface area (TPSA) is 88.2 Å². The van der Waals surface area contributed by atoms with Crippen LogP contribution in [0.3, 0.4) is 0 Å². The Kier molecular flexibility index (Phi) is 3.47. The Morgan fingerprint density at radius 3 is 2.83 bits per heavy atom. The summed E-state index contributed by atoms with van der Waals surface area (Å²) in [4.78, 5) is 16.0. The fourth-order valence-electron chi connectivity index (χ4n) is 1.40. The number of rotatable bonds is 2.